The molecule has 96 valence electrons. The molecule has 0 radical (unpaired) electrons. The topological polar surface area (TPSA) is 29.3 Å². The van der Waals surface area contributed by atoms with E-state index < -0.39 is 0 Å². The summed E-state index contributed by atoms with van der Waals surface area (Å²) in [6.45, 7) is 11.7. The second-order valence-corrected chi connectivity index (χ2v) is 5.53. The summed E-state index contributed by atoms with van der Waals surface area (Å²) in [4.78, 5) is 2.66. The lowest BCUT2D eigenvalue weighted by Gasteiger charge is -2.27. The molecule has 0 bridgehead atoms. The van der Waals surface area contributed by atoms with Crippen LogP contribution in [0.4, 0.5) is 0 Å². The molecule has 1 rings (SSSR count). The van der Waals surface area contributed by atoms with E-state index in [2.05, 4.69) is 25.7 Å². The van der Waals surface area contributed by atoms with Crippen molar-refractivity contribution in [1.29, 1.82) is 0 Å². The fraction of sp³-hybridized carbons (Fsp3) is 1.00. The molecule has 1 saturated heterocycles. The van der Waals surface area contributed by atoms with Gasteiger partial charge in [0.1, 0.15) is 0 Å². The maximum Gasteiger partial charge on any atom is 0.00382 e. The van der Waals surface area contributed by atoms with Crippen molar-refractivity contribution in [2.24, 2.45) is 17.1 Å². The van der Waals surface area contributed by atoms with Crippen LogP contribution in [0.25, 0.3) is 0 Å². The Balaban J connectivity index is 2.31. The molecule has 2 heteroatoms. The molecule has 2 N–H and O–H groups in total. The molecule has 0 aromatic rings. The summed E-state index contributed by atoms with van der Waals surface area (Å²) in [5, 5.41) is 0. The molecule has 1 aliphatic heterocycles. The van der Waals surface area contributed by atoms with Crippen molar-refractivity contribution < 1.29 is 0 Å². The fourth-order valence-electron chi connectivity index (χ4n) is 2.90. The van der Waals surface area contributed by atoms with Gasteiger partial charge in [0.25, 0.3) is 0 Å². The number of rotatable bonds is 7. The third-order valence-corrected chi connectivity index (χ3v) is 4.78. The number of likely N-dealkylation sites (tertiary alicyclic amines) is 1. The third-order valence-electron chi connectivity index (χ3n) is 4.78. The normalized spacial score (nSPS) is 22.5. The van der Waals surface area contributed by atoms with Gasteiger partial charge < -0.3 is 10.6 Å². The van der Waals surface area contributed by atoms with Crippen molar-refractivity contribution in [3.63, 3.8) is 0 Å². The summed E-state index contributed by atoms with van der Waals surface area (Å²) in [5.41, 5.74) is 6.38. The van der Waals surface area contributed by atoms with Crippen LogP contribution in [-0.2, 0) is 0 Å². The molecule has 1 unspecified atom stereocenters. The van der Waals surface area contributed by atoms with Gasteiger partial charge in [0, 0.05) is 6.54 Å². The van der Waals surface area contributed by atoms with Crippen molar-refractivity contribution in [3.05, 3.63) is 0 Å². The Bertz CT molecular complexity index is 183. The molecule has 16 heavy (non-hydrogen) atoms. The van der Waals surface area contributed by atoms with E-state index in [9.17, 15) is 0 Å². The Labute approximate surface area is 102 Å². The zero-order valence-electron chi connectivity index (χ0n) is 11.5. The predicted octanol–water partition coefficient (Wildman–Crippen LogP) is 2.87. The molecule has 0 aliphatic carbocycles. The van der Waals surface area contributed by atoms with E-state index in [4.69, 9.17) is 5.73 Å². The van der Waals surface area contributed by atoms with Crippen molar-refractivity contribution in [1.82, 2.24) is 4.90 Å². The van der Waals surface area contributed by atoms with Crippen molar-refractivity contribution in [2.75, 3.05) is 26.2 Å². The minimum absolute atomic E-state index is 0.629. The van der Waals surface area contributed by atoms with E-state index in [0.717, 1.165) is 12.5 Å². The quantitative estimate of drug-likeness (QED) is 0.723. The zero-order chi connectivity index (χ0) is 12.0. The average Bonchev–Trinajstić information content (AvgIpc) is 2.75. The summed E-state index contributed by atoms with van der Waals surface area (Å²) >= 11 is 0. The Morgan fingerprint density at radius 2 is 1.94 bits per heavy atom. The van der Waals surface area contributed by atoms with Gasteiger partial charge in [-0.1, -0.05) is 27.2 Å². The van der Waals surface area contributed by atoms with E-state index in [-0.39, 0.29) is 0 Å². The third kappa shape index (κ3) is 3.46. The molecule has 1 aliphatic rings. The van der Waals surface area contributed by atoms with E-state index in [1.54, 1.807) is 0 Å². The van der Waals surface area contributed by atoms with Crippen LogP contribution >= 0.6 is 0 Å². The Kier molecular flexibility index (Phi) is 5.77. The highest BCUT2D eigenvalue weighted by atomic mass is 15.2. The van der Waals surface area contributed by atoms with Crippen molar-refractivity contribution in [2.45, 2.75) is 52.9 Å². The molecule has 2 nitrogen and oxygen atoms in total. The van der Waals surface area contributed by atoms with Gasteiger partial charge in [0.05, 0.1) is 0 Å². The predicted molar refractivity (Wildman–Crippen MR) is 71.5 cm³/mol. The molecule has 0 spiro atoms. The number of hydrogen-bond donors (Lipinski definition) is 1. The molecular weight excluding hydrogens is 196 g/mol. The number of nitrogens with two attached hydrogens (primary N) is 1. The molecule has 1 atom stereocenters. The number of hydrogen-bond acceptors (Lipinski definition) is 2. The largest absolute Gasteiger partial charge is 0.330 e. The van der Waals surface area contributed by atoms with Gasteiger partial charge in [0.15, 0.2) is 0 Å². The molecule has 0 aromatic carbocycles. The summed E-state index contributed by atoms with van der Waals surface area (Å²) < 4.78 is 0. The van der Waals surface area contributed by atoms with E-state index >= 15 is 0 Å². The summed E-state index contributed by atoms with van der Waals surface area (Å²) in [7, 11) is 0. The highest BCUT2D eigenvalue weighted by Crippen LogP contribution is 2.36. The first-order chi connectivity index (χ1) is 7.69. The van der Waals surface area contributed by atoms with Crippen LogP contribution in [0.2, 0.25) is 0 Å². The van der Waals surface area contributed by atoms with Crippen LogP contribution in [0.1, 0.15) is 52.9 Å². The van der Waals surface area contributed by atoms with Gasteiger partial charge >= 0.3 is 0 Å². The van der Waals surface area contributed by atoms with E-state index in [1.807, 2.05) is 0 Å². The minimum Gasteiger partial charge on any atom is -0.330 e. The van der Waals surface area contributed by atoms with Gasteiger partial charge in [-0.3, -0.25) is 0 Å². The van der Waals surface area contributed by atoms with Crippen LogP contribution in [0.3, 0.4) is 0 Å². The first-order valence-electron chi connectivity index (χ1n) is 7.12. The fourth-order valence-corrected chi connectivity index (χ4v) is 2.90. The maximum atomic E-state index is 5.76. The lowest BCUT2D eigenvalue weighted by molar-refractivity contribution is 0.230. The first kappa shape index (κ1) is 14.0. The van der Waals surface area contributed by atoms with Crippen LogP contribution < -0.4 is 5.73 Å². The molecule has 0 amide bonds. The average molecular weight is 226 g/mol. The number of nitrogens with zero attached hydrogens (tertiary/aromatic N) is 1. The van der Waals surface area contributed by atoms with Crippen molar-refractivity contribution in [3.8, 4) is 0 Å². The molecular formula is C14H30N2. The Morgan fingerprint density at radius 1 is 1.25 bits per heavy atom. The summed E-state index contributed by atoms with van der Waals surface area (Å²) in [6, 6.07) is 0. The molecule has 1 fully saturated rings. The van der Waals surface area contributed by atoms with E-state index in [0.29, 0.717) is 5.41 Å². The van der Waals surface area contributed by atoms with Gasteiger partial charge in [-0.25, -0.2) is 0 Å². The highest BCUT2D eigenvalue weighted by molar-refractivity contribution is 4.87. The highest BCUT2D eigenvalue weighted by Gasteiger charge is 2.34. The standard InChI is InChI=1S/C14H30N2/c1-4-13(11-15)7-9-16-10-8-14(5-2,6-3)12-16/h13H,4-12,15H2,1-3H3. The second kappa shape index (κ2) is 6.61. The van der Waals surface area contributed by atoms with Crippen LogP contribution in [0, 0.1) is 11.3 Å². The summed E-state index contributed by atoms with van der Waals surface area (Å²) in [6.07, 6.45) is 6.61. The second-order valence-electron chi connectivity index (χ2n) is 5.53. The van der Waals surface area contributed by atoms with Gasteiger partial charge in [-0.2, -0.15) is 0 Å². The van der Waals surface area contributed by atoms with Gasteiger partial charge in [-0.05, 0) is 56.7 Å². The Hall–Kier alpha value is -0.0800. The lowest BCUT2D eigenvalue weighted by atomic mass is 9.82. The molecule has 0 aromatic heterocycles. The zero-order valence-corrected chi connectivity index (χ0v) is 11.5. The van der Waals surface area contributed by atoms with Gasteiger partial charge in [0.2, 0.25) is 0 Å². The molecule has 0 saturated carbocycles. The SMILES string of the molecule is CCC(CN)CCN1CCC(CC)(CC)C1. The smallest absolute Gasteiger partial charge is 0.00382 e. The molecule has 1 heterocycles. The Morgan fingerprint density at radius 3 is 2.38 bits per heavy atom. The van der Waals surface area contributed by atoms with Gasteiger partial charge in [-0.15, -0.1) is 0 Å². The van der Waals surface area contributed by atoms with Crippen LogP contribution in [0.15, 0.2) is 0 Å². The van der Waals surface area contributed by atoms with Crippen LogP contribution in [0.5, 0.6) is 0 Å². The minimum atomic E-state index is 0.629. The van der Waals surface area contributed by atoms with E-state index in [1.165, 1.54) is 51.7 Å². The first-order valence-corrected chi connectivity index (χ1v) is 7.12. The van der Waals surface area contributed by atoms with Crippen LogP contribution in [-0.4, -0.2) is 31.1 Å². The van der Waals surface area contributed by atoms with Crippen molar-refractivity contribution >= 4 is 0 Å². The monoisotopic (exact) mass is 226 g/mol. The maximum absolute atomic E-state index is 5.76. The summed E-state index contributed by atoms with van der Waals surface area (Å²) in [5.74, 6) is 0.734. The lowest BCUT2D eigenvalue weighted by Crippen LogP contribution is -2.29.